The van der Waals surface area contributed by atoms with E-state index in [-0.39, 0.29) is 6.10 Å². The van der Waals surface area contributed by atoms with Gasteiger partial charge in [0, 0.05) is 18.3 Å². The lowest BCUT2D eigenvalue weighted by Gasteiger charge is -2.26. The molecule has 0 amide bonds. The van der Waals surface area contributed by atoms with Crippen molar-refractivity contribution in [2.24, 2.45) is 5.92 Å². The van der Waals surface area contributed by atoms with Crippen molar-refractivity contribution in [1.82, 2.24) is 0 Å². The molecule has 1 aliphatic heterocycles. The summed E-state index contributed by atoms with van der Waals surface area (Å²) in [4.78, 5) is 0. The molecule has 1 fully saturated rings. The van der Waals surface area contributed by atoms with Crippen LogP contribution in [0.15, 0.2) is 0 Å². The molecule has 0 aromatic carbocycles. The van der Waals surface area contributed by atoms with Gasteiger partial charge in [-0.05, 0) is 25.0 Å². The number of aliphatic hydroxyl groups is 1. The van der Waals surface area contributed by atoms with Crippen molar-refractivity contribution < 1.29 is 9.84 Å². The van der Waals surface area contributed by atoms with E-state index in [1.54, 1.807) is 0 Å². The molecule has 2 unspecified atom stereocenters. The molecule has 3 heteroatoms. The molecule has 0 aliphatic carbocycles. The third-order valence-corrected chi connectivity index (χ3v) is 3.65. The third-order valence-electron chi connectivity index (χ3n) is 2.38. The van der Waals surface area contributed by atoms with Crippen molar-refractivity contribution in [1.29, 1.82) is 0 Å². The van der Waals surface area contributed by atoms with E-state index in [0.717, 1.165) is 37.6 Å². The van der Waals surface area contributed by atoms with Crippen LogP contribution in [0.3, 0.4) is 0 Å². The molecule has 13 heavy (non-hydrogen) atoms. The highest BCUT2D eigenvalue weighted by molar-refractivity contribution is 7.99. The fourth-order valence-corrected chi connectivity index (χ4v) is 2.52. The Balaban J connectivity index is 2.09. The maximum Gasteiger partial charge on any atom is 0.0680 e. The Morgan fingerprint density at radius 2 is 2.46 bits per heavy atom. The lowest BCUT2D eigenvalue weighted by molar-refractivity contribution is -0.0000368. The number of rotatable bonds is 5. The average Bonchev–Trinajstić information content (AvgIpc) is 2.19. The van der Waals surface area contributed by atoms with E-state index in [2.05, 4.69) is 6.92 Å². The first-order chi connectivity index (χ1) is 6.34. The molecule has 1 aliphatic rings. The van der Waals surface area contributed by atoms with Gasteiger partial charge < -0.3 is 9.84 Å². The van der Waals surface area contributed by atoms with Crippen LogP contribution in [0.4, 0.5) is 0 Å². The van der Waals surface area contributed by atoms with E-state index >= 15 is 0 Å². The van der Waals surface area contributed by atoms with Crippen LogP contribution in [-0.2, 0) is 4.74 Å². The second-order valence-electron chi connectivity index (χ2n) is 3.62. The Labute approximate surface area is 85.0 Å². The monoisotopic (exact) mass is 204 g/mol. The van der Waals surface area contributed by atoms with Gasteiger partial charge in [-0.1, -0.05) is 6.92 Å². The van der Waals surface area contributed by atoms with Crippen LogP contribution in [0.25, 0.3) is 0 Å². The second kappa shape index (κ2) is 6.68. The van der Waals surface area contributed by atoms with Gasteiger partial charge >= 0.3 is 0 Å². The van der Waals surface area contributed by atoms with Gasteiger partial charge in [-0.3, -0.25) is 0 Å². The Hall–Kier alpha value is 0.270. The van der Waals surface area contributed by atoms with Crippen molar-refractivity contribution in [3.8, 4) is 0 Å². The van der Waals surface area contributed by atoms with Crippen LogP contribution >= 0.6 is 11.8 Å². The zero-order chi connectivity index (χ0) is 9.52. The normalized spacial score (nSPS) is 25.8. The first-order valence-electron chi connectivity index (χ1n) is 5.18. The number of hydrogen-bond donors (Lipinski definition) is 1. The zero-order valence-electron chi connectivity index (χ0n) is 8.37. The van der Waals surface area contributed by atoms with Crippen LogP contribution in [0.5, 0.6) is 0 Å². The number of aliphatic hydroxyl groups excluding tert-OH is 1. The number of ether oxygens (including phenoxy) is 1. The average molecular weight is 204 g/mol. The summed E-state index contributed by atoms with van der Waals surface area (Å²) in [5, 5.41) is 9.80. The van der Waals surface area contributed by atoms with E-state index in [9.17, 15) is 5.11 Å². The highest BCUT2D eigenvalue weighted by atomic mass is 32.2. The van der Waals surface area contributed by atoms with Crippen molar-refractivity contribution in [3.63, 3.8) is 0 Å². The molecule has 1 rings (SSSR count). The van der Waals surface area contributed by atoms with Crippen LogP contribution in [-0.4, -0.2) is 35.9 Å². The van der Waals surface area contributed by atoms with Gasteiger partial charge in [0.25, 0.3) is 0 Å². The summed E-state index contributed by atoms with van der Waals surface area (Å²) in [5.74, 6) is 2.42. The van der Waals surface area contributed by atoms with E-state index in [0.29, 0.717) is 5.92 Å². The Bertz CT molecular complexity index is 124. The van der Waals surface area contributed by atoms with Gasteiger partial charge in [-0.25, -0.2) is 0 Å². The van der Waals surface area contributed by atoms with Gasteiger partial charge in [-0.2, -0.15) is 11.8 Å². The quantitative estimate of drug-likeness (QED) is 0.694. The summed E-state index contributed by atoms with van der Waals surface area (Å²) in [6.07, 6.45) is 3.28. The summed E-state index contributed by atoms with van der Waals surface area (Å²) >= 11 is 1.85. The summed E-state index contributed by atoms with van der Waals surface area (Å²) in [6.45, 7) is 3.81. The van der Waals surface area contributed by atoms with Crippen LogP contribution < -0.4 is 0 Å². The van der Waals surface area contributed by atoms with E-state index < -0.39 is 0 Å². The molecule has 78 valence electrons. The molecule has 1 saturated heterocycles. The summed E-state index contributed by atoms with van der Waals surface area (Å²) in [6, 6.07) is 0. The second-order valence-corrected chi connectivity index (χ2v) is 4.77. The topological polar surface area (TPSA) is 29.5 Å². The molecule has 1 N–H and O–H groups in total. The minimum absolute atomic E-state index is 0.156. The van der Waals surface area contributed by atoms with E-state index in [1.165, 1.54) is 6.42 Å². The van der Waals surface area contributed by atoms with Gasteiger partial charge in [-0.15, -0.1) is 0 Å². The SMILES string of the molecule is CCCSCC(O)C1CCCOC1. The van der Waals surface area contributed by atoms with Crippen LogP contribution in [0.1, 0.15) is 26.2 Å². The molecule has 0 aromatic heterocycles. The third kappa shape index (κ3) is 4.34. The Morgan fingerprint density at radius 3 is 3.08 bits per heavy atom. The van der Waals surface area contributed by atoms with Gasteiger partial charge in [0.15, 0.2) is 0 Å². The lowest BCUT2D eigenvalue weighted by Crippen LogP contribution is -2.30. The smallest absolute Gasteiger partial charge is 0.0680 e. The van der Waals surface area contributed by atoms with Crippen molar-refractivity contribution in [2.75, 3.05) is 24.7 Å². The first-order valence-corrected chi connectivity index (χ1v) is 6.33. The molecule has 2 atom stereocenters. The van der Waals surface area contributed by atoms with Crippen molar-refractivity contribution in [3.05, 3.63) is 0 Å². The summed E-state index contributed by atoms with van der Waals surface area (Å²) < 4.78 is 5.34. The molecule has 2 nitrogen and oxygen atoms in total. The molecule has 0 spiro atoms. The number of thioether (sulfide) groups is 1. The van der Waals surface area contributed by atoms with Gasteiger partial charge in [0.05, 0.1) is 12.7 Å². The maximum absolute atomic E-state index is 9.80. The molecular weight excluding hydrogens is 184 g/mol. The molecule has 0 saturated carbocycles. The van der Waals surface area contributed by atoms with E-state index in [4.69, 9.17) is 4.74 Å². The lowest BCUT2D eigenvalue weighted by atomic mass is 9.97. The predicted octanol–water partition coefficient (Wildman–Crippen LogP) is 1.92. The molecule has 1 heterocycles. The standard InChI is InChI=1S/C10H20O2S/c1-2-6-13-8-10(11)9-4-3-5-12-7-9/h9-11H,2-8H2,1H3. The molecule has 0 radical (unpaired) electrons. The highest BCUT2D eigenvalue weighted by Gasteiger charge is 2.21. The molecular formula is C10H20O2S. The minimum atomic E-state index is -0.156. The van der Waals surface area contributed by atoms with Crippen molar-refractivity contribution >= 4 is 11.8 Å². The minimum Gasteiger partial charge on any atom is -0.392 e. The molecule has 0 aromatic rings. The van der Waals surface area contributed by atoms with E-state index in [1.807, 2.05) is 11.8 Å². The number of hydrogen-bond acceptors (Lipinski definition) is 3. The Kier molecular flexibility index (Phi) is 5.83. The Morgan fingerprint density at radius 1 is 1.62 bits per heavy atom. The summed E-state index contributed by atoms with van der Waals surface area (Å²) in [7, 11) is 0. The molecule has 0 bridgehead atoms. The maximum atomic E-state index is 9.80. The van der Waals surface area contributed by atoms with Gasteiger partial charge in [0.1, 0.15) is 0 Å². The predicted molar refractivity (Wildman–Crippen MR) is 57.2 cm³/mol. The van der Waals surface area contributed by atoms with Crippen molar-refractivity contribution in [2.45, 2.75) is 32.3 Å². The first kappa shape index (κ1) is 11.3. The zero-order valence-corrected chi connectivity index (χ0v) is 9.18. The highest BCUT2D eigenvalue weighted by Crippen LogP contribution is 2.20. The fourth-order valence-electron chi connectivity index (χ4n) is 1.55. The summed E-state index contributed by atoms with van der Waals surface area (Å²) in [5.41, 5.74) is 0. The van der Waals surface area contributed by atoms with Crippen LogP contribution in [0.2, 0.25) is 0 Å². The fraction of sp³-hybridized carbons (Fsp3) is 1.00. The largest absolute Gasteiger partial charge is 0.392 e. The van der Waals surface area contributed by atoms with Crippen LogP contribution in [0, 0.1) is 5.92 Å². The van der Waals surface area contributed by atoms with Gasteiger partial charge in [0.2, 0.25) is 0 Å².